The van der Waals surface area contributed by atoms with Crippen molar-refractivity contribution >= 4 is 17.6 Å². The predicted octanol–water partition coefficient (Wildman–Crippen LogP) is 3.62. The highest BCUT2D eigenvalue weighted by molar-refractivity contribution is 5.95. The number of rotatable bonds is 5. The maximum Gasteiger partial charge on any atom is 0.319 e. The van der Waals surface area contributed by atoms with Crippen molar-refractivity contribution < 1.29 is 9.59 Å². The van der Waals surface area contributed by atoms with Crippen molar-refractivity contribution in [1.82, 2.24) is 10.2 Å². The molecule has 2 rings (SSSR count). The molecule has 0 aromatic heterocycles. The molecule has 0 spiro atoms. The third-order valence-corrected chi connectivity index (χ3v) is 4.38. The smallest absolute Gasteiger partial charge is 0.319 e. The molecule has 3 amide bonds. The number of carbonyl (C=O) groups is 2. The summed E-state index contributed by atoms with van der Waals surface area (Å²) in [4.78, 5) is 26.0. The second-order valence-corrected chi connectivity index (χ2v) is 5.99. The first kappa shape index (κ1) is 17.3. The van der Waals surface area contributed by atoms with Gasteiger partial charge in [0.25, 0.3) is 5.91 Å². The molecule has 1 aliphatic rings. The summed E-state index contributed by atoms with van der Waals surface area (Å²) in [5.41, 5.74) is 1.35. The molecule has 126 valence electrons. The number of nitrogens with zero attached hydrogens (tertiary/aromatic N) is 1. The van der Waals surface area contributed by atoms with Crippen molar-refractivity contribution in [2.75, 3.05) is 18.4 Å². The number of hydrogen-bond donors (Lipinski definition) is 2. The zero-order valence-corrected chi connectivity index (χ0v) is 14.1. The van der Waals surface area contributed by atoms with Crippen LogP contribution in [0.4, 0.5) is 10.5 Å². The number of urea groups is 1. The molecular formula is C18H27N3O2. The van der Waals surface area contributed by atoms with E-state index < -0.39 is 0 Å². The molecule has 1 aromatic rings. The van der Waals surface area contributed by atoms with E-state index in [1.807, 2.05) is 13.8 Å². The third kappa shape index (κ3) is 4.98. The van der Waals surface area contributed by atoms with Crippen LogP contribution in [0.2, 0.25) is 0 Å². The molecule has 0 atom stereocenters. The van der Waals surface area contributed by atoms with E-state index in [4.69, 9.17) is 0 Å². The van der Waals surface area contributed by atoms with Crippen LogP contribution >= 0.6 is 0 Å². The molecule has 2 N–H and O–H groups in total. The molecule has 5 nitrogen and oxygen atoms in total. The highest BCUT2D eigenvalue weighted by atomic mass is 16.2. The van der Waals surface area contributed by atoms with Crippen LogP contribution in [0.3, 0.4) is 0 Å². The molecular weight excluding hydrogens is 290 g/mol. The SMILES string of the molecule is CCN(CC)C(=O)c1ccc(NC(=O)NC2CCCCC2)cc1. The number of nitrogens with one attached hydrogen (secondary N) is 2. The van der Waals surface area contributed by atoms with Crippen molar-refractivity contribution in [1.29, 1.82) is 0 Å². The summed E-state index contributed by atoms with van der Waals surface area (Å²) in [6, 6.07) is 7.19. The Balaban J connectivity index is 1.89. The standard InChI is InChI=1S/C18H27N3O2/c1-3-21(4-2)17(22)14-10-12-16(13-11-14)20-18(23)19-15-8-6-5-7-9-15/h10-13,15H,3-9H2,1-2H3,(H2,19,20,23). The number of anilines is 1. The van der Waals surface area contributed by atoms with Gasteiger partial charge in [-0.25, -0.2) is 4.79 Å². The lowest BCUT2D eigenvalue weighted by Crippen LogP contribution is -2.39. The normalized spacial score (nSPS) is 15.0. The molecule has 0 unspecified atom stereocenters. The Kier molecular flexibility index (Phi) is 6.44. The first-order valence-electron chi connectivity index (χ1n) is 8.61. The summed E-state index contributed by atoms with van der Waals surface area (Å²) in [6.07, 6.45) is 5.76. The van der Waals surface area contributed by atoms with Crippen molar-refractivity contribution in [2.24, 2.45) is 0 Å². The second kappa shape index (κ2) is 8.56. The van der Waals surface area contributed by atoms with E-state index >= 15 is 0 Å². The lowest BCUT2D eigenvalue weighted by molar-refractivity contribution is 0.0773. The van der Waals surface area contributed by atoms with E-state index in [2.05, 4.69) is 10.6 Å². The summed E-state index contributed by atoms with van der Waals surface area (Å²) in [5, 5.41) is 5.85. The fourth-order valence-corrected chi connectivity index (χ4v) is 2.99. The molecule has 23 heavy (non-hydrogen) atoms. The summed E-state index contributed by atoms with van der Waals surface area (Å²) in [7, 11) is 0. The average Bonchev–Trinajstić information content (AvgIpc) is 2.57. The Morgan fingerprint density at radius 3 is 2.22 bits per heavy atom. The topological polar surface area (TPSA) is 61.4 Å². The summed E-state index contributed by atoms with van der Waals surface area (Å²) < 4.78 is 0. The van der Waals surface area contributed by atoms with Gasteiger partial charge in [0.15, 0.2) is 0 Å². The van der Waals surface area contributed by atoms with Gasteiger partial charge in [0, 0.05) is 30.4 Å². The van der Waals surface area contributed by atoms with Gasteiger partial charge < -0.3 is 15.5 Å². The van der Waals surface area contributed by atoms with Gasteiger partial charge >= 0.3 is 6.03 Å². The predicted molar refractivity (Wildman–Crippen MR) is 92.7 cm³/mol. The fraction of sp³-hybridized carbons (Fsp3) is 0.556. The number of amides is 3. The van der Waals surface area contributed by atoms with Gasteiger partial charge in [0.1, 0.15) is 0 Å². The minimum atomic E-state index is -0.167. The fourth-order valence-electron chi connectivity index (χ4n) is 2.99. The molecule has 0 aliphatic heterocycles. The van der Waals surface area contributed by atoms with E-state index in [1.54, 1.807) is 29.2 Å². The van der Waals surface area contributed by atoms with Crippen LogP contribution in [0.15, 0.2) is 24.3 Å². The van der Waals surface area contributed by atoms with E-state index in [0.29, 0.717) is 24.3 Å². The van der Waals surface area contributed by atoms with Crippen molar-refractivity contribution in [3.05, 3.63) is 29.8 Å². The van der Waals surface area contributed by atoms with Gasteiger partial charge in [0.05, 0.1) is 0 Å². The molecule has 1 aromatic carbocycles. The summed E-state index contributed by atoms with van der Waals surface area (Å²) >= 11 is 0. The van der Waals surface area contributed by atoms with Crippen LogP contribution in [-0.2, 0) is 0 Å². The van der Waals surface area contributed by atoms with Crippen LogP contribution < -0.4 is 10.6 Å². The molecule has 0 saturated heterocycles. The largest absolute Gasteiger partial charge is 0.339 e. The van der Waals surface area contributed by atoms with Crippen LogP contribution in [0.1, 0.15) is 56.3 Å². The Hall–Kier alpha value is -2.04. The van der Waals surface area contributed by atoms with Gasteiger partial charge in [-0.2, -0.15) is 0 Å². The highest BCUT2D eigenvalue weighted by Gasteiger charge is 2.16. The number of benzene rings is 1. The van der Waals surface area contributed by atoms with Crippen LogP contribution in [0.5, 0.6) is 0 Å². The molecule has 0 heterocycles. The third-order valence-electron chi connectivity index (χ3n) is 4.38. The van der Waals surface area contributed by atoms with Gasteiger partial charge in [0.2, 0.25) is 0 Å². The minimum Gasteiger partial charge on any atom is -0.339 e. The van der Waals surface area contributed by atoms with E-state index in [9.17, 15) is 9.59 Å². The Morgan fingerprint density at radius 2 is 1.65 bits per heavy atom. The Bertz CT molecular complexity index is 518. The summed E-state index contributed by atoms with van der Waals surface area (Å²) in [6.45, 7) is 5.32. The lowest BCUT2D eigenvalue weighted by Gasteiger charge is -2.23. The maximum atomic E-state index is 12.2. The lowest BCUT2D eigenvalue weighted by atomic mass is 9.96. The van der Waals surface area contributed by atoms with Crippen molar-refractivity contribution in [2.45, 2.75) is 52.0 Å². The maximum absolute atomic E-state index is 12.2. The molecule has 1 aliphatic carbocycles. The van der Waals surface area contributed by atoms with Gasteiger partial charge in [-0.05, 0) is 51.0 Å². The zero-order valence-electron chi connectivity index (χ0n) is 14.1. The number of carbonyl (C=O) groups excluding carboxylic acids is 2. The Morgan fingerprint density at radius 1 is 1.04 bits per heavy atom. The van der Waals surface area contributed by atoms with E-state index in [0.717, 1.165) is 12.8 Å². The number of hydrogen-bond acceptors (Lipinski definition) is 2. The van der Waals surface area contributed by atoms with Gasteiger partial charge in [-0.1, -0.05) is 19.3 Å². The van der Waals surface area contributed by atoms with E-state index in [1.165, 1.54) is 19.3 Å². The minimum absolute atomic E-state index is 0.0215. The highest BCUT2D eigenvalue weighted by Crippen LogP contribution is 2.18. The summed E-state index contributed by atoms with van der Waals surface area (Å²) in [5.74, 6) is 0.0215. The first-order valence-corrected chi connectivity index (χ1v) is 8.61. The monoisotopic (exact) mass is 317 g/mol. The quantitative estimate of drug-likeness (QED) is 0.871. The van der Waals surface area contributed by atoms with Crippen molar-refractivity contribution in [3.8, 4) is 0 Å². The molecule has 1 saturated carbocycles. The molecule has 0 radical (unpaired) electrons. The van der Waals surface area contributed by atoms with Gasteiger partial charge in [-0.15, -0.1) is 0 Å². The van der Waals surface area contributed by atoms with Crippen LogP contribution in [0, 0.1) is 0 Å². The molecule has 5 heteroatoms. The van der Waals surface area contributed by atoms with Gasteiger partial charge in [-0.3, -0.25) is 4.79 Å². The van der Waals surface area contributed by atoms with Crippen LogP contribution in [0.25, 0.3) is 0 Å². The second-order valence-electron chi connectivity index (χ2n) is 5.99. The van der Waals surface area contributed by atoms with E-state index in [-0.39, 0.29) is 18.0 Å². The molecule has 0 bridgehead atoms. The van der Waals surface area contributed by atoms with Crippen LogP contribution in [-0.4, -0.2) is 36.0 Å². The Labute approximate surface area is 138 Å². The van der Waals surface area contributed by atoms with Crippen molar-refractivity contribution in [3.63, 3.8) is 0 Å². The first-order chi connectivity index (χ1) is 11.1. The average molecular weight is 317 g/mol. The molecule has 1 fully saturated rings. The zero-order chi connectivity index (χ0) is 16.7.